The van der Waals surface area contributed by atoms with E-state index in [-0.39, 0.29) is 24.7 Å². The van der Waals surface area contributed by atoms with Crippen LogP contribution in [0.15, 0.2) is 30.3 Å². The minimum atomic E-state index is -0.388. The Labute approximate surface area is 172 Å². The highest BCUT2D eigenvalue weighted by molar-refractivity contribution is 6.03. The molecule has 0 atom stereocenters. The number of methoxy groups -OCH3 is 2. The van der Waals surface area contributed by atoms with Crippen LogP contribution in [0.25, 0.3) is 0 Å². The molecular formula is C23H29NO5. The van der Waals surface area contributed by atoms with Crippen LogP contribution in [0.4, 0.5) is 11.4 Å². The van der Waals surface area contributed by atoms with E-state index in [0.717, 1.165) is 22.4 Å². The highest BCUT2D eigenvalue weighted by Gasteiger charge is 2.24. The van der Waals surface area contributed by atoms with Crippen LogP contribution < -0.4 is 14.4 Å². The predicted octanol–water partition coefficient (Wildman–Crippen LogP) is 4.64. The highest BCUT2D eigenvalue weighted by Crippen LogP contribution is 2.37. The Balaban J connectivity index is 2.55. The van der Waals surface area contributed by atoms with Crippen LogP contribution in [-0.4, -0.2) is 32.7 Å². The highest BCUT2D eigenvalue weighted by atomic mass is 16.5. The largest absolute Gasteiger partial charge is 0.497 e. The number of esters is 1. The molecule has 0 saturated heterocycles. The molecule has 1 amide bonds. The van der Waals surface area contributed by atoms with Crippen LogP contribution in [0, 0.1) is 20.8 Å². The summed E-state index contributed by atoms with van der Waals surface area (Å²) < 4.78 is 15.7. The molecule has 0 spiro atoms. The van der Waals surface area contributed by atoms with E-state index in [2.05, 4.69) is 0 Å². The first-order chi connectivity index (χ1) is 13.8. The Morgan fingerprint density at radius 3 is 1.90 bits per heavy atom. The van der Waals surface area contributed by atoms with Crippen molar-refractivity contribution in [2.75, 3.05) is 25.7 Å². The zero-order valence-corrected chi connectivity index (χ0v) is 18.0. The molecule has 2 aromatic rings. The van der Waals surface area contributed by atoms with E-state index in [1.165, 1.54) is 0 Å². The molecule has 0 N–H and O–H groups in total. The van der Waals surface area contributed by atoms with Gasteiger partial charge in [0.1, 0.15) is 11.5 Å². The summed E-state index contributed by atoms with van der Waals surface area (Å²) in [7, 11) is 3.13. The fourth-order valence-corrected chi connectivity index (χ4v) is 3.40. The molecule has 0 fully saturated rings. The molecule has 0 aliphatic carbocycles. The second-order valence-electron chi connectivity index (χ2n) is 6.85. The summed E-state index contributed by atoms with van der Waals surface area (Å²) >= 11 is 0. The average molecular weight is 399 g/mol. The number of nitrogens with zero attached hydrogens (tertiary/aromatic N) is 1. The van der Waals surface area contributed by atoms with Crippen LogP contribution in [-0.2, 0) is 14.3 Å². The topological polar surface area (TPSA) is 65.1 Å². The van der Waals surface area contributed by atoms with Gasteiger partial charge in [-0.1, -0.05) is 17.7 Å². The summed E-state index contributed by atoms with van der Waals surface area (Å²) in [6.07, 6.45) is 0.0549. The lowest BCUT2D eigenvalue weighted by atomic mass is 10.0. The molecule has 6 nitrogen and oxygen atoms in total. The summed E-state index contributed by atoms with van der Waals surface area (Å²) in [6, 6.07) is 9.38. The number of carbonyl (C=O) groups is 2. The van der Waals surface area contributed by atoms with E-state index in [1.54, 1.807) is 44.2 Å². The Bertz CT molecular complexity index is 846. The molecule has 29 heavy (non-hydrogen) atoms. The van der Waals surface area contributed by atoms with Crippen molar-refractivity contribution in [2.45, 2.75) is 40.5 Å². The Morgan fingerprint density at radius 1 is 0.862 bits per heavy atom. The van der Waals surface area contributed by atoms with Crippen LogP contribution in [0.2, 0.25) is 0 Å². The third kappa shape index (κ3) is 5.50. The van der Waals surface area contributed by atoms with Crippen LogP contribution in [0.3, 0.4) is 0 Å². The van der Waals surface area contributed by atoms with Crippen LogP contribution in [0.1, 0.15) is 36.5 Å². The van der Waals surface area contributed by atoms with Crippen molar-refractivity contribution in [3.63, 3.8) is 0 Å². The third-order valence-electron chi connectivity index (χ3n) is 4.55. The number of carbonyl (C=O) groups excluding carboxylic acids is 2. The fourth-order valence-electron chi connectivity index (χ4n) is 3.40. The molecule has 0 heterocycles. The second kappa shape index (κ2) is 9.96. The predicted molar refractivity (Wildman–Crippen MR) is 113 cm³/mol. The molecule has 6 heteroatoms. The van der Waals surface area contributed by atoms with Gasteiger partial charge in [-0.2, -0.15) is 0 Å². The van der Waals surface area contributed by atoms with Gasteiger partial charge in [-0.15, -0.1) is 0 Å². The smallest absolute Gasteiger partial charge is 0.306 e. The number of ether oxygens (including phenoxy) is 3. The molecule has 2 aromatic carbocycles. The van der Waals surface area contributed by atoms with Gasteiger partial charge in [-0.3, -0.25) is 14.5 Å². The van der Waals surface area contributed by atoms with E-state index >= 15 is 0 Å². The second-order valence-corrected chi connectivity index (χ2v) is 6.85. The molecule has 2 rings (SSSR count). The Hall–Kier alpha value is -3.02. The lowest BCUT2D eigenvalue weighted by Gasteiger charge is -2.27. The standard InChI is InChI=1S/C23H29NO5/c1-7-29-22(26)9-8-21(25)24(23-16(3)10-15(2)11-17(23)4)18-12-19(27-5)14-20(13-18)28-6/h10-14H,7-9H2,1-6H3. The summed E-state index contributed by atoms with van der Waals surface area (Å²) in [4.78, 5) is 26.7. The number of aryl methyl sites for hydroxylation is 3. The maximum atomic E-state index is 13.3. The van der Waals surface area contributed by atoms with Gasteiger partial charge in [-0.05, 0) is 38.8 Å². The minimum Gasteiger partial charge on any atom is -0.497 e. The van der Waals surface area contributed by atoms with Gasteiger partial charge in [-0.25, -0.2) is 0 Å². The van der Waals surface area contributed by atoms with Gasteiger partial charge in [0.2, 0.25) is 5.91 Å². The monoisotopic (exact) mass is 399 g/mol. The van der Waals surface area contributed by atoms with Gasteiger partial charge >= 0.3 is 5.97 Å². The van der Waals surface area contributed by atoms with Crippen molar-refractivity contribution in [3.05, 3.63) is 47.0 Å². The molecule has 0 unspecified atom stereocenters. The molecule has 0 aliphatic rings. The summed E-state index contributed by atoms with van der Waals surface area (Å²) in [5.74, 6) is 0.555. The van der Waals surface area contributed by atoms with Crippen molar-refractivity contribution in [2.24, 2.45) is 0 Å². The molecule has 0 bridgehead atoms. The first-order valence-corrected chi connectivity index (χ1v) is 9.60. The summed E-state index contributed by atoms with van der Waals surface area (Å²) in [6.45, 7) is 8.00. The van der Waals surface area contributed by atoms with Gasteiger partial charge in [0, 0.05) is 24.6 Å². The maximum Gasteiger partial charge on any atom is 0.306 e. The number of hydrogen-bond donors (Lipinski definition) is 0. The Morgan fingerprint density at radius 2 is 1.41 bits per heavy atom. The number of benzene rings is 2. The van der Waals surface area contributed by atoms with Crippen LogP contribution in [0.5, 0.6) is 11.5 Å². The number of anilines is 2. The average Bonchev–Trinajstić information content (AvgIpc) is 2.68. The lowest BCUT2D eigenvalue weighted by molar-refractivity contribution is -0.144. The summed E-state index contributed by atoms with van der Waals surface area (Å²) in [5.41, 5.74) is 4.46. The zero-order valence-electron chi connectivity index (χ0n) is 18.0. The molecular weight excluding hydrogens is 370 g/mol. The van der Waals surface area contributed by atoms with E-state index in [0.29, 0.717) is 23.8 Å². The van der Waals surface area contributed by atoms with E-state index in [9.17, 15) is 9.59 Å². The molecule has 156 valence electrons. The minimum absolute atomic E-state index is 0.0221. The Kier molecular flexibility index (Phi) is 7.65. The van der Waals surface area contributed by atoms with Gasteiger partial charge in [0.15, 0.2) is 0 Å². The normalized spacial score (nSPS) is 10.4. The number of rotatable bonds is 8. The van der Waals surface area contributed by atoms with E-state index in [4.69, 9.17) is 14.2 Å². The van der Waals surface area contributed by atoms with Crippen molar-refractivity contribution in [1.82, 2.24) is 0 Å². The molecule has 0 aliphatic heterocycles. The number of hydrogen-bond acceptors (Lipinski definition) is 5. The molecule has 0 aromatic heterocycles. The SMILES string of the molecule is CCOC(=O)CCC(=O)N(c1cc(OC)cc(OC)c1)c1c(C)cc(C)cc1C. The van der Waals surface area contributed by atoms with Gasteiger partial charge in [0.05, 0.1) is 38.6 Å². The lowest BCUT2D eigenvalue weighted by Crippen LogP contribution is -2.28. The van der Waals surface area contributed by atoms with Gasteiger partial charge in [0.25, 0.3) is 0 Å². The third-order valence-corrected chi connectivity index (χ3v) is 4.55. The van der Waals surface area contributed by atoms with E-state index < -0.39 is 0 Å². The van der Waals surface area contributed by atoms with Crippen LogP contribution >= 0.6 is 0 Å². The van der Waals surface area contributed by atoms with E-state index in [1.807, 2.05) is 32.9 Å². The zero-order chi connectivity index (χ0) is 21.6. The maximum absolute atomic E-state index is 13.3. The fraction of sp³-hybridized carbons (Fsp3) is 0.391. The molecule has 0 radical (unpaired) electrons. The quantitative estimate of drug-likeness (QED) is 0.605. The molecule has 0 saturated carbocycles. The van der Waals surface area contributed by atoms with Crippen molar-refractivity contribution >= 4 is 23.3 Å². The first-order valence-electron chi connectivity index (χ1n) is 9.60. The number of amides is 1. The van der Waals surface area contributed by atoms with Crippen molar-refractivity contribution in [1.29, 1.82) is 0 Å². The van der Waals surface area contributed by atoms with Gasteiger partial charge < -0.3 is 14.2 Å². The van der Waals surface area contributed by atoms with Crippen molar-refractivity contribution in [3.8, 4) is 11.5 Å². The summed E-state index contributed by atoms with van der Waals surface area (Å²) in [5, 5.41) is 0. The van der Waals surface area contributed by atoms with Crippen molar-refractivity contribution < 1.29 is 23.8 Å². The first kappa shape index (κ1) is 22.3.